The standard InChI is InChI=1S/C21H24N2O3S/c1-13-4-7-18(10-14(13)2)22-27(25,26)19-8-9-20-17(12-19)11-15(3)23(20)21(24)16-5-6-16/h4,7-10,12,15-16,22H,5-6,11H2,1-3H3/t15-/m1/s1. The molecule has 1 heterocycles. The second kappa shape index (κ2) is 6.37. The van der Waals surface area contributed by atoms with Crippen molar-refractivity contribution in [2.24, 2.45) is 5.92 Å². The maximum atomic E-state index is 12.8. The summed E-state index contributed by atoms with van der Waals surface area (Å²) in [5, 5.41) is 0. The monoisotopic (exact) mass is 384 g/mol. The summed E-state index contributed by atoms with van der Waals surface area (Å²) in [6.45, 7) is 5.96. The Bertz CT molecular complexity index is 1030. The molecule has 0 unspecified atom stereocenters. The number of benzene rings is 2. The van der Waals surface area contributed by atoms with Crippen LogP contribution in [-0.2, 0) is 21.2 Å². The van der Waals surface area contributed by atoms with Gasteiger partial charge in [0, 0.05) is 23.3 Å². The molecule has 2 aromatic carbocycles. The lowest BCUT2D eigenvalue weighted by molar-refractivity contribution is -0.120. The summed E-state index contributed by atoms with van der Waals surface area (Å²) < 4.78 is 28.3. The van der Waals surface area contributed by atoms with E-state index in [-0.39, 0.29) is 22.8 Å². The van der Waals surface area contributed by atoms with E-state index in [2.05, 4.69) is 4.72 Å². The van der Waals surface area contributed by atoms with Crippen molar-refractivity contribution in [3.05, 3.63) is 53.1 Å². The van der Waals surface area contributed by atoms with E-state index in [1.54, 1.807) is 24.3 Å². The lowest BCUT2D eigenvalue weighted by atomic mass is 10.1. The molecule has 1 N–H and O–H groups in total. The van der Waals surface area contributed by atoms with Crippen molar-refractivity contribution in [1.82, 2.24) is 0 Å². The third-order valence-electron chi connectivity index (χ3n) is 5.50. The summed E-state index contributed by atoms with van der Waals surface area (Å²) in [6, 6.07) is 10.6. The SMILES string of the molecule is Cc1ccc(NS(=O)(=O)c2ccc3c(c2)C[C@@H](C)N3C(=O)C2CC2)cc1C. The lowest BCUT2D eigenvalue weighted by Gasteiger charge is -2.22. The van der Waals surface area contributed by atoms with E-state index in [1.165, 1.54) is 0 Å². The molecule has 1 aliphatic heterocycles. The number of nitrogens with zero attached hydrogens (tertiary/aromatic N) is 1. The second-order valence-corrected chi connectivity index (χ2v) is 9.41. The average molecular weight is 385 g/mol. The van der Waals surface area contributed by atoms with E-state index in [9.17, 15) is 13.2 Å². The van der Waals surface area contributed by atoms with Gasteiger partial charge in [-0.15, -0.1) is 0 Å². The highest BCUT2D eigenvalue weighted by atomic mass is 32.2. The Morgan fingerprint density at radius 3 is 2.48 bits per heavy atom. The Hall–Kier alpha value is -2.34. The van der Waals surface area contributed by atoms with Crippen LogP contribution in [-0.4, -0.2) is 20.4 Å². The molecule has 0 aromatic heterocycles. The summed E-state index contributed by atoms with van der Waals surface area (Å²) in [4.78, 5) is 14.6. The first-order chi connectivity index (χ1) is 12.8. The van der Waals surface area contributed by atoms with Crippen molar-refractivity contribution >= 4 is 27.3 Å². The van der Waals surface area contributed by atoms with Crippen LogP contribution in [0.15, 0.2) is 41.3 Å². The molecule has 0 saturated heterocycles. The molecule has 6 heteroatoms. The normalized spacial score (nSPS) is 19.1. The minimum atomic E-state index is -3.68. The van der Waals surface area contributed by atoms with Crippen molar-refractivity contribution in [2.45, 2.75) is 51.0 Å². The van der Waals surface area contributed by atoms with Crippen molar-refractivity contribution in [1.29, 1.82) is 0 Å². The lowest BCUT2D eigenvalue weighted by Crippen LogP contribution is -2.36. The van der Waals surface area contributed by atoms with Gasteiger partial charge >= 0.3 is 0 Å². The average Bonchev–Trinajstić information content (AvgIpc) is 3.39. The molecule has 0 bridgehead atoms. The quantitative estimate of drug-likeness (QED) is 0.872. The van der Waals surface area contributed by atoms with Crippen LogP contribution in [0.1, 0.15) is 36.5 Å². The molecular weight excluding hydrogens is 360 g/mol. The summed E-state index contributed by atoms with van der Waals surface area (Å²) in [7, 11) is -3.68. The maximum Gasteiger partial charge on any atom is 0.261 e. The molecular formula is C21H24N2O3S. The van der Waals surface area contributed by atoms with Crippen molar-refractivity contribution in [3.8, 4) is 0 Å². The summed E-state index contributed by atoms with van der Waals surface area (Å²) in [6.07, 6.45) is 2.61. The number of carbonyl (C=O) groups excluding carboxylic acids is 1. The number of sulfonamides is 1. The zero-order valence-electron chi connectivity index (χ0n) is 15.8. The second-order valence-electron chi connectivity index (χ2n) is 7.73. The number of hydrogen-bond donors (Lipinski definition) is 1. The van der Waals surface area contributed by atoms with Gasteiger partial charge in [0.05, 0.1) is 4.90 Å². The fourth-order valence-corrected chi connectivity index (χ4v) is 4.76. The number of carbonyl (C=O) groups is 1. The van der Waals surface area contributed by atoms with Gasteiger partial charge in [0.15, 0.2) is 0 Å². The molecule has 1 amide bonds. The Morgan fingerprint density at radius 1 is 1.07 bits per heavy atom. The van der Waals surface area contributed by atoms with Crippen LogP contribution in [0.4, 0.5) is 11.4 Å². The Balaban J connectivity index is 1.62. The maximum absolute atomic E-state index is 12.8. The van der Waals surface area contributed by atoms with Gasteiger partial charge < -0.3 is 4.90 Å². The number of amides is 1. The molecule has 2 aliphatic rings. The number of hydrogen-bond acceptors (Lipinski definition) is 3. The zero-order chi connectivity index (χ0) is 19.3. The van der Waals surface area contributed by atoms with Crippen LogP contribution in [0, 0.1) is 19.8 Å². The van der Waals surface area contributed by atoms with Crippen LogP contribution < -0.4 is 9.62 Å². The summed E-state index contributed by atoms with van der Waals surface area (Å²) in [5.74, 6) is 0.318. The van der Waals surface area contributed by atoms with Gasteiger partial charge in [-0.05, 0) is 87.1 Å². The van der Waals surface area contributed by atoms with Crippen molar-refractivity contribution in [2.75, 3.05) is 9.62 Å². The van der Waals surface area contributed by atoms with E-state index < -0.39 is 10.0 Å². The van der Waals surface area contributed by atoms with Gasteiger partial charge in [-0.1, -0.05) is 6.07 Å². The number of nitrogens with one attached hydrogen (secondary N) is 1. The number of anilines is 2. The highest BCUT2D eigenvalue weighted by Gasteiger charge is 2.39. The molecule has 1 atom stereocenters. The fourth-order valence-electron chi connectivity index (χ4n) is 3.66. The van der Waals surface area contributed by atoms with Gasteiger partial charge in [0.1, 0.15) is 0 Å². The molecule has 1 saturated carbocycles. The van der Waals surface area contributed by atoms with Crippen molar-refractivity contribution < 1.29 is 13.2 Å². The molecule has 1 aliphatic carbocycles. The molecule has 4 rings (SSSR count). The third kappa shape index (κ3) is 3.34. The highest BCUT2D eigenvalue weighted by Crippen LogP contribution is 2.39. The van der Waals surface area contributed by atoms with Crippen LogP contribution in [0.25, 0.3) is 0 Å². The van der Waals surface area contributed by atoms with Crippen LogP contribution in [0.5, 0.6) is 0 Å². The Labute approximate surface area is 160 Å². The molecule has 0 spiro atoms. The first-order valence-corrected chi connectivity index (χ1v) is 10.8. The van der Waals surface area contributed by atoms with Gasteiger partial charge in [0.2, 0.25) is 5.91 Å². The van der Waals surface area contributed by atoms with E-state index in [0.29, 0.717) is 12.1 Å². The van der Waals surface area contributed by atoms with E-state index in [1.807, 2.05) is 37.8 Å². The molecule has 27 heavy (non-hydrogen) atoms. The van der Waals surface area contributed by atoms with E-state index >= 15 is 0 Å². The molecule has 142 valence electrons. The first-order valence-electron chi connectivity index (χ1n) is 9.32. The van der Waals surface area contributed by atoms with Gasteiger partial charge in [-0.2, -0.15) is 0 Å². The minimum Gasteiger partial charge on any atom is -0.309 e. The summed E-state index contributed by atoms with van der Waals surface area (Å²) >= 11 is 0. The number of rotatable bonds is 4. The predicted octanol–water partition coefficient (Wildman–Crippen LogP) is 3.79. The van der Waals surface area contributed by atoms with Crippen LogP contribution >= 0.6 is 0 Å². The number of aryl methyl sites for hydroxylation is 2. The Kier molecular flexibility index (Phi) is 4.26. The topological polar surface area (TPSA) is 66.5 Å². The highest BCUT2D eigenvalue weighted by molar-refractivity contribution is 7.92. The largest absolute Gasteiger partial charge is 0.309 e. The minimum absolute atomic E-state index is 0.0683. The van der Waals surface area contributed by atoms with E-state index in [4.69, 9.17) is 0 Å². The smallest absolute Gasteiger partial charge is 0.261 e. The van der Waals surface area contributed by atoms with Gasteiger partial charge in [-0.25, -0.2) is 8.42 Å². The third-order valence-corrected chi connectivity index (χ3v) is 6.88. The summed E-state index contributed by atoms with van der Waals surface area (Å²) in [5.41, 5.74) is 4.47. The first kappa shape index (κ1) is 18.0. The van der Waals surface area contributed by atoms with Gasteiger partial charge in [0.25, 0.3) is 10.0 Å². The molecule has 2 aromatic rings. The molecule has 1 fully saturated rings. The predicted molar refractivity (Wildman–Crippen MR) is 107 cm³/mol. The molecule has 0 radical (unpaired) electrons. The zero-order valence-corrected chi connectivity index (χ0v) is 16.6. The number of fused-ring (bicyclic) bond motifs is 1. The fraction of sp³-hybridized carbons (Fsp3) is 0.381. The molecule has 5 nitrogen and oxygen atoms in total. The van der Waals surface area contributed by atoms with E-state index in [0.717, 1.165) is 35.2 Å². The Morgan fingerprint density at radius 2 is 1.81 bits per heavy atom. The van der Waals surface area contributed by atoms with Crippen LogP contribution in [0.2, 0.25) is 0 Å². The van der Waals surface area contributed by atoms with Crippen LogP contribution in [0.3, 0.4) is 0 Å². The van der Waals surface area contributed by atoms with Gasteiger partial charge in [-0.3, -0.25) is 9.52 Å². The van der Waals surface area contributed by atoms with Crippen molar-refractivity contribution in [3.63, 3.8) is 0 Å².